The first-order chi connectivity index (χ1) is 19.9. The highest BCUT2D eigenvalue weighted by Crippen LogP contribution is 2.44. The molecule has 0 aromatic heterocycles. The molecule has 2 amide bonds. The maximum Gasteiger partial charge on any atom is 0.407 e. The molecule has 3 aromatic rings. The molecular weight excluding hydrogens is 524 g/mol. The molecule has 5 rings (SSSR count). The summed E-state index contributed by atoms with van der Waals surface area (Å²) in [6, 6.07) is 24.3. The van der Waals surface area contributed by atoms with Crippen molar-refractivity contribution >= 4 is 18.0 Å². The minimum atomic E-state index is -1.26. The fourth-order valence-electron chi connectivity index (χ4n) is 5.51. The van der Waals surface area contributed by atoms with Crippen molar-refractivity contribution in [2.75, 3.05) is 19.8 Å². The average molecular weight is 559 g/mol. The smallest absolute Gasteiger partial charge is 0.407 e. The number of ether oxygens (including phenoxy) is 3. The number of rotatable bonds is 11. The summed E-state index contributed by atoms with van der Waals surface area (Å²) in [6.07, 6.45) is -1.72. The molecule has 9 heteroatoms. The van der Waals surface area contributed by atoms with Crippen LogP contribution in [0.3, 0.4) is 0 Å². The van der Waals surface area contributed by atoms with Gasteiger partial charge in [-0.1, -0.05) is 78.9 Å². The van der Waals surface area contributed by atoms with Crippen molar-refractivity contribution < 1.29 is 33.7 Å². The van der Waals surface area contributed by atoms with Gasteiger partial charge in [0.2, 0.25) is 5.91 Å². The van der Waals surface area contributed by atoms with E-state index in [1.807, 2.05) is 54.6 Å². The number of carbonyl (C=O) groups excluding carboxylic acids is 2. The van der Waals surface area contributed by atoms with Crippen LogP contribution >= 0.6 is 0 Å². The minimum Gasteiger partial charge on any atom is -0.480 e. The van der Waals surface area contributed by atoms with Crippen LogP contribution in [0.5, 0.6) is 0 Å². The lowest BCUT2D eigenvalue weighted by atomic mass is 9.98. The fourth-order valence-corrected chi connectivity index (χ4v) is 5.51. The van der Waals surface area contributed by atoms with E-state index >= 15 is 0 Å². The molecule has 41 heavy (non-hydrogen) atoms. The van der Waals surface area contributed by atoms with Crippen LogP contribution in [0, 0.1) is 5.92 Å². The van der Waals surface area contributed by atoms with Gasteiger partial charge < -0.3 is 30.0 Å². The van der Waals surface area contributed by atoms with Crippen LogP contribution in [0.25, 0.3) is 11.1 Å². The third-order valence-electron chi connectivity index (χ3n) is 7.71. The molecule has 1 fully saturated rings. The summed E-state index contributed by atoms with van der Waals surface area (Å²) >= 11 is 0. The van der Waals surface area contributed by atoms with Crippen molar-refractivity contribution in [3.63, 3.8) is 0 Å². The highest BCUT2D eigenvalue weighted by molar-refractivity contribution is 5.87. The third-order valence-corrected chi connectivity index (χ3v) is 7.71. The Morgan fingerprint density at radius 3 is 2.24 bits per heavy atom. The van der Waals surface area contributed by atoms with Gasteiger partial charge in [-0.15, -0.1) is 0 Å². The number of hydrogen-bond acceptors (Lipinski definition) is 6. The van der Waals surface area contributed by atoms with E-state index in [-0.39, 0.29) is 31.6 Å². The standard InChI is InChI=1S/C32H34N2O7/c1-20(40-18-21-9-3-2-4-10-21)28(31(36)37)34-30(35)29-22(15-16-39-29)17-33-32(38)41-19-27-25-13-7-5-11-23(25)24-12-6-8-14-26(24)27/h2-14,20,22,27-29H,15-19H2,1H3,(H,33,38)(H,34,35)(H,36,37). The van der Waals surface area contributed by atoms with E-state index in [2.05, 4.69) is 34.9 Å². The molecule has 1 heterocycles. The normalized spacial score (nSPS) is 19.0. The summed E-state index contributed by atoms with van der Waals surface area (Å²) in [6.45, 7) is 2.49. The molecule has 1 saturated heterocycles. The number of carbonyl (C=O) groups is 3. The zero-order chi connectivity index (χ0) is 28.8. The Hall–Kier alpha value is -4.21. The van der Waals surface area contributed by atoms with E-state index in [1.54, 1.807) is 6.92 Å². The number of fused-ring (bicyclic) bond motifs is 3. The quantitative estimate of drug-likeness (QED) is 0.324. The minimum absolute atomic E-state index is 0.0551. The number of benzene rings is 3. The van der Waals surface area contributed by atoms with Gasteiger partial charge in [-0.2, -0.15) is 0 Å². The molecule has 9 nitrogen and oxygen atoms in total. The highest BCUT2D eigenvalue weighted by atomic mass is 16.5. The summed E-state index contributed by atoms with van der Waals surface area (Å²) in [7, 11) is 0. The molecule has 4 atom stereocenters. The van der Waals surface area contributed by atoms with Crippen molar-refractivity contribution in [3.8, 4) is 11.1 Å². The first kappa shape index (κ1) is 28.3. The molecule has 0 radical (unpaired) electrons. The summed E-state index contributed by atoms with van der Waals surface area (Å²) in [5.41, 5.74) is 5.44. The van der Waals surface area contributed by atoms with E-state index in [1.165, 1.54) is 0 Å². The number of hydrogen-bond donors (Lipinski definition) is 3. The molecule has 4 unspecified atom stereocenters. The molecular formula is C32H34N2O7. The van der Waals surface area contributed by atoms with E-state index < -0.39 is 36.2 Å². The van der Waals surface area contributed by atoms with Crippen LogP contribution in [0.15, 0.2) is 78.9 Å². The molecule has 0 saturated carbocycles. The lowest BCUT2D eigenvalue weighted by molar-refractivity contribution is -0.148. The van der Waals surface area contributed by atoms with Gasteiger partial charge >= 0.3 is 12.1 Å². The molecule has 3 aromatic carbocycles. The Morgan fingerprint density at radius 1 is 0.951 bits per heavy atom. The van der Waals surface area contributed by atoms with Crippen molar-refractivity contribution in [3.05, 3.63) is 95.6 Å². The van der Waals surface area contributed by atoms with Gasteiger partial charge in [-0.05, 0) is 41.2 Å². The van der Waals surface area contributed by atoms with Crippen LogP contribution in [0.4, 0.5) is 4.79 Å². The average Bonchev–Trinajstić information content (AvgIpc) is 3.59. The Bertz CT molecular complexity index is 1330. The van der Waals surface area contributed by atoms with Gasteiger partial charge in [-0.25, -0.2) is 9.59 Å². The number of nitrogens with one attached hydrogen (secondary N) is 2. The van der Waals surface area contributed by atoms with Crippen molar-refractivity contribution in [2.24, 2.45) is 5.92 Å². The van der Waals surface area contributed by atoms with E-state index in [0.29, 0.717) is 13.0 Å². The van der Waals surface area contributed by atoms with Crippen molar-refractivity contribution in [1.29, 1.82) is 0 Å². The molecule has 0 spiro atoms. The number of carboxylic acid groups (broad SMARTS) is 1. The number of alkyl carbamates (subject to hydrolysis) is 1. The van der Waals surface area contributed by atoms with Crippen LogP contribution < -0.4 is 10.6 Å². The second kappa shape index (κ2) is 13.0. The van der Waals surface area contributed by atoms with Crippen LogP contribution in [-0.2, 0) is 30.4 Å². The second-order valence-corrected chi connectivity index (χ2v) is 10.4. The van der Waals surface area contributed by atoms with Crippen LogP contribution in [0.2, 0.25) is 0 Å². The predicted octanol–water partition coefficient (Wildman–Crippen LogP) is 4.10. The maximum atomic E-state index is 13.0. The number of carboxylic acids is 1. The van der Waals surface area contributed by atoms with Gasteiger partial charge in [0, 0.05) is 25.0 Å². The maximum absolute atomic E-state index is 13.0. The molecule has 2 aliphatic rings. The zero-order valence-corrected chi connectivity index (χ0v) is 22.8. The lowest BCUT2D eigenvalue weighted by Crippen LogP contribution is -2.53. The Kier molecular flexibility index (Phi) is 8.96. The summed E-state index contributed by atoms with van der Waals surface area (Å²) in [5, 5.41) is 15.1. The highest BCUT2D eigenvalue weighted by Gasteiger charge is 2.38. The molecule has 1 aliphatic heterocycles. The van der Waals surface area contributed by atoms with Gasteiger partial charge in [0.25, 0.3) is 0 Å². The molecule has 1 aliphatic carbocycles. The first-order valence-corrected chi connectivity index (χ1v) is 13.8. The number of amides is 2. The fraction of sp³-hybridized carbons (Fsp3) is 0.344. The zero-order valence-electron chi connectivity index (χ0n) is 22.8. The van der Waals surface area contributed by atoms with Gasteiger partial charge in [0.15, 0.2) is 6.04 Å². The predicted molar refractivity (Wildman–Crippen MR) is 151 cm³/mol. The van der Waals surface area contributed by atoms with Gasteiger partial charge in [-0.3, -0.25) is 4.79 Å². The Labute approximate surface area is 238 Å². The number of aliphatic carboxylic acids is 1. The third kappa shape index (κ3) is 6.58. The largest absolute Gasteiger partial charge is 0.480 e. The first-order valence-electron chi connectivity index (χ1n) is 13.8. The monoisotopic (exact) mass is 558 g/mol. The molecule has 214 valence electrons. The summed E-state index contributed by atoms with van der Waals surface area (Å²) in [5.74, 6) is -2.14. The molecule has 0 bridgehead atoms. The Balaban J connectivity index is 1.12. The van der Waals surface area contributed by atoms with Crippen molar-refractivity contribution in [1.82, 2.24) is 10.6 Å². The van der Waals surface area contributed by atoms with E-state index in [9.17, 15) is 19.5 Å². The van der Waals surface area contributed by atoms with Crippen LogP contribution in [0.1, 0.15) is 36.0 Å². The summed E-state index contributed by atoms with van der Waals surface area (Å²) in [4.78, 5) is 37.6. The summed E-state index contributed by atoms with van der Waals surface area (Å²) < 4.78 is 17.0. The van der Waals surface area contributed by atoms with Gasteiger partial charge in [0.1, 0.15) is 12.7 Å². The van der Waals surface area contributed by atoms with E-state index in [0.717, 1.165) is 27.8 Å². The lowest BCUT2D eigenvalue weighted by Gasteiger charge is -2.25. The van der Waals surface area contributed by atoms with Crippen LogP contribution in [-0.4, -0.2) is 61.1 Å². The second-order valence-electron chi connectivity index (χ2n) is 10.4. The van der Waals surface area contributed by atoms with Gasteiger partial charge in [0.05, 0.1) is 12.7 Å². The Morgan fingerprint density at radius 2 is 1.59 bits per heavy atom. The SMILES string of the molecule is CC(OCc1ccccc1)C(NC(=O)C1OCCC1CNC(=O)OCC1c2ccccc2-c2ccccc21)C(=O)O. The topological polar surface area (TPSA) is 123 Å². The van der Waals surface area contributed by atoms with E-state index in [4.69, 9.17) is 14.2 Å². The van der Waals surface area contributed by atoms with Crippen molar-refractivity contribution in [2.45, 2.75) is 44.1 Å². The molecule has 3 N–H and O–H groups in total.